The molecule has 2 aliphatic rings. The number of esters is 2. The molecule has 406 valence electrons. The van der Waals surface area contributed by atoms with E-state index < -0.39 is 92.7 Å². The van der Waals surface area contributed by atoms with E-state index in [-0.39, 0.29) is 26.1 Å². The van der Waals surface area contributed by atoms with Gasteiger partial charge in [0.15, 0.2) is 18.7 Å². The van der Waals surface area contributed by atoms with Gasteiger partial charge in [0, 0.05) is 12.8 Å². The lowest BCUT2D eigenvalue weighted by atomic mass is 9.98. The molecule has 0 aromatic heterocycles. The lowest BCUT2D eigenvalue weighted by Gasteiger charge is -2.42. The van der Waals surface area contributed by atoms with E-state index in [0.717, 1.165) is 44.9 Å². The van der Waals surface area contributed by atoms with Crippen LogP contribution in [0.2, 0.25) is 0 Å². The summed E-state index contributed by atoms with van der Waals surface area (Å²) in [5.41, 5.74) is 0. The second kappa shape index (κ2) is 41.7. The molecule has 2 heterocycles. The van der Waals surface area contributed by atoms with Gasteiger partial charge in [-0.15, -0.1) is 0 Å². The molecule has 4 unspecified atom stereocenters. The van der Waals surface area contributed by atoms with Crippen molar-refractivity contribution in [2.75, 3.05) is 26.4 Å². The summed E-state index contributed by atoms with van der Waals surface area (Å²) in [5.74, 6) is -0.931. The fourth-order valence-electron chi connectivity index (χ4n) is 8.92. The number of ether oxygens (including phenoxy) is 6. The monoisotopic (exact) mass is 989 g/mol. The van der Waals surface area contributed by atoms with E-state index in [9.17, 15) is 45.3 Å². The fourth-order valence-corrected chi connectivity index (χ4v) is 8.92. The van der Waals surface area contributed by atoms with E-state index in [2.05, 4.69) is 26.0 Å². The molecule has 7 N–H and O–H groups in total. The Kier molecular flexibility index (Phi) is 38.3. The Morgan fingerprint density at radius 1 is 0.449 bits per heavy atom. The van der Waals surface area contributed by atoms with Crippen molar-refractivity contribution >= 4 is 11.9 Å². The Hall–Kier alpha value is -1.76. The number of carbonyl (C=O) groups is 2. The van der Waals surface area contributed by atoms with Crippen LogP contribution in [0, 0.1) is 0 Å². The summed E-state index contributed by atoms with van der Waals surface area (Å²) in [5, 5.41) is 72.1. The highest BCUT2D eigenvalue weighted by Crippen LogP contribution is 2.27. The van der Waals surface area contributed by atoms with E-state index in [1.165, 1.54) is 141 Å². The van der Waals surface area contributed by atoms with Gasteiger partial charge in [-0.05, 0) is 38.5 Å². The summed E-state index contributed by atoms with van der Waals surface area (Å²) in [6.07, 6.45) is 25.3. The largest absolute Gasteiger partial charge is 0.462 e. The van der Waals surface area contributed by atoms with Crippen molar-refractivity contribution in [2.45, 2.75) is 293 Å². The Labute approximate surface area is 416 Å². The van der Waals surface area contributed by atoms with Crippen molar-refractivity contribution in [3.8, 4) is 0 Å². The average Bonchev–Trinajstić information content (AvgIpc) is 3.34. The van der Waals surface area contributed by atoms with Crippen molar-refractivity contribution in [1.82, 2.24) is 0 Å². The number of allylic oxidation sites excluding steroid dienone is 2. The first-order chi connectivity index (χ1) is 33.5. The molecule has 2 aliphatic heterocycles. The maximum Gasteiger partial charge on any atom is 0.306 e. The average molecular weight is 989 g/mol. The molecule has 69 heavy (non-hydrogen) atoms. The molecule has 0 aliphatic carbocycles. The minimum atomic E-state index is -1.76. The molecule has 0 spiro atoms. The van der Waals surface area contributed by atoms with Crippen LogP contribution in [0.5, 0.6) is 0 Å². The third-order valence-electron chi connectivity index (χ3n) is 13.5. The van der Waals surface area contributed by atoms with Gasteiger partial charge >= 0.3 is 11.9 Å². The summed E-state index contributed by atoms with van der Waals surface area (Å²) in [7, 11) is 0. The minimum absolute atomic E-state index is 0.149. The molecular formula is C54H100O15. The number of hydrogen-bond acceptors (Lipinski definition) is 15. The van der Waals surface area contributed by atoms with Crippen LogP contribution < -0.4 is 0 Å². The molecule has 2 fully saturated rings. The molecule has 2 rings (SSSR count). The number of aliphatic hydroxyl groups excluding tert-OH is 7. The third-order valence-corrected chi connectivity index (χ3v) is 13.5. The quantitative estimate of drug-likeness (QED) is 0.0172. The maximum absolute atomic E-state index is 13.0. The predicted octanol–water partition coefficient (Wildman–Crippen LogP) is 8.55. The summed E-state index contributed by atoms with van der Waals surface area (Å²) in [6.45, 7) is 2.60. The molecule has 2 saturated heterocycles. The Balaban J connectivity index is 1.75. The van der Waals surface area contributed by atoms with Gasteiger partial charge in [-0.1, -0.05) is 187 Å². The smallest absolute Gasteiger partial charge is 0.306 e. The highest BCUT2D eigenvalue weighted by Gasteiger charge is 2.47. The first kappa shape index (κ1) is 63.4. The molecule has 0 bridgehead atoms. The fraction of sp³-hybridized carbons (Fsp3) is 0.926. The number of rotatable bonds is 44. The zero-order valence-corrected chi connectivity index (χ0v) is 43.1. The number of aliphatic hydroxyl groups is 7. The first-order valence-electron chi connectivity index (χ1n) is 27.8. The van der Waals surface area contributed by atoms with Crippen LogP contribution >= 0.6 is 0 Å². The number of carbonyl (C=O) groups excluding carboxylic acids is 2. The summed E-state index contributed by atoms with van der Waals surface area (Å²) >= 11 is 0. The third kappa shape index (κ3) is 29.5. The van der Waals surface area contributed by atoms with Gasteiger partial charge < -0.3 is 64.2 Å². The molecule has 0 aromatic carbocycles. The van der Waals surface area contributed by atoms with E-state index in [1.807, 2.05) is 0 Å². The number of unbranched alkanes of at least 4 members (excludes halogenated alkanes) is 28. The zero-order chi connectivity index (χ0) is 50.3. The van der Waals surface area contributed by atoms with E-state index in [4.69, 9.17) is 28.4 Å². The van der Waals surface area contributed by atoms with Gasteiger partial charge in [-0.3, -0.25) is 9.59 Å². The Morgan fingerprint density at radius 3 is 1.29 bits per heavy atom. The molecule has 15 nitrogen and oxygen atoms in total. The van der Waals surface area contributed by atoms with Crippen LogP contribution in [0.4, 0.5) is 0 Å². The highest BCUT2D eigenvalue weighted by molar-refractivity contribution is 5.70. The van der Waals surface area contributed by atoms with Crippen LogP contribution in [0.1, 0.15) is 226 Å². The second-order valence-electron chi connectivity index (χ2n) is 19.8. The maximum atomic E-state index is 13.0. The minimum Gasteiger partial charge on any atom is -0.462 e. The molecule has 0 aromatic rings. The Morgan fingerprint density at radius 2 is 0.826 bits per heavy atom. The van der Waals surface area contributed by atoms with Crippen LogP contribution in [0.3, 0.4) is 0 Å². The molecule has 15 heteroatoms. The lowest BCUT2D eigenvalue weighted by molar-refractivity contribution is -0.332. The Bertz CT molecular complexity index is 1250. The predicted molar refractivity (Wildman–Crippen MR) is 266 cm³/mol. The van der Waals surface area contributed by atoms with E-state index in [1.54, 1.807) is 0 Å². The van der Waals surface area contributed by atoms with Gasteiger partial charge in [-0.2, -0.15) is 0 Å². The highest BCUT2D eigenvalue weighted by atomic mass is 16.7. The molecule has 0 saturated carbocycles. The SMILES string of the molecule is CCCCCCCC/C=C/CCCCCC(=O)O[C@@H](COC(=O)CCCCCCCCCCCCCCCCCCCCCC)CO[C@@H]1O[C@H](CO[C@@H]2O[C@H](CO)[C@H](O)C(O)C2O)[C@H](O)C(O)C1O. The van der Waals surface area contributed by atoms with Crippen LogP contribution in [-0.2, 0) is 38.0 Å². The van der Waals surface area contributed by atoms with Gasteiger partial charge in [0.05, 0.1) is 19.8 Å². The topological polar surface area (TPSA) is 231 Å². The van der Waals surface area contributed by atoms with Crippen molar-refractivity contribution in [3.05, 3.63) is 12.2 Å². The van der Waals surface area contributed by atoms with Crippen LogP contribution in [0.15, 0.2) is 12.2 Å². The second-order valence-corrected chi connectivity index (χ2v) is 19.8. The van der Waals surface area contributed by atoms with E-state index in [0.29, 0.717) is 12.8 Å². The van der Waals surface area contributed by atoms with Crippen molar-refractivity contribution in [1.29, 1.82) is 0 Å². The summed E-state index contributed by atoms with van der Waals surface area (Å²) in [6, 6.07) is 0. The lowest BCUT2D eigenvalue weighted by Crippen LogP contribution is -2.61. The first-order valence-corrected chi connectivity index (χ1v) is 27.8. The molecule has 0 amide bonds. The van der Waals surface area contributed by atoms with Crippen molar-refractivity contribution in [3.63, 3.8) is 0 Å². The van der Waals surface area contributed by atoms with Gasteiger partial charge in [0.2, 0.25) is 0 Å². The van der Waals surface area contributed by atoms with Gasteiger partial charge in [0.25, 0.3) is 0 Å². The zero-order valence-electron chi connectivity index (χ0n) is 43.1. The molecule has 0 radical (unpaired) electrons. The van der Waals surface area contributed by atoms with Gasteiger partial charge in [-0.25, -0.2) is 0 Å². The van der Waals surface area contributed by atoms with Gasteiger partial charge in [0.1, 0.15) is 55.4 Å². The molecular weight excluding hydrogens is 889 g/mol. The van der Waals surface area contributed by atoms with Crippen molar-refractivity contribution < 1.29 is 73.8 Å². The van der Waals surface area contributed by atoms with Crippen molar-refractivity contribution in [2.24, 2.45) is 0 Å². The van der Waals surface area contributed by atoms with Crippen LogP contribution in [0.25, 0.3) is 0 Å². The van der Waals surface area contributed by atoms with Crippen LogP contribution in [-0.4, -0.2) is 142 Å². The number of hydrogen-bond donors (Lipinski definition) is 7. The summed E-state index contributed by atoms with van der Waals surface area (Å²) in [4.78, 5) is 25.8. The molecule has 11 atom stereocenters. The van der Waals surface area contributed by atoms with E-state index >= 15 is 0 Å². The normalized spacial score (nSPS) is 25.6. The standard InChI is InChI=1S/C54H100O15/c1-3-5-7-9-11-13-15-17-18-19-20-21-22-23-25-26-28-30-32-34-36-45(56)64-39-42(67-46(57)37-35-33-31-29-27-24-16-14-12-10-8-6-4-2)40-65-53-52(63)50(61)48(59)44(69-53)41-66-54-51(62)49(60)47(58)43(38-55)68-54/h24,27,42-44,47-55,58-63H,3-23,25-26,28-41H2,1-2H3/b27-24+/t42-,43+,44+,47-,48-,49?,50?,51?,52?,53+,54+/m0/s1. The summed E-state index contributed by atoms with van der Waals surface area (Å²) < 4.78 is 33.6.